The van der Waals surface area contributed by atoms with Crippen molar-refractivity contribution in [1.82, 2.24) is 0 Å². The fourth-order valence-corrected chi connectivity index (χ4v) is 2.26. The third-order valence-corrected chi connectivity index (χ3v) is 3.73. The molecule has 0 spiro atoms. The number of piperidine rings is 1. The van der Waals surface area contributed by atoms with Gasteiger partial charge in [-0.2, -0.15) is 0 Å². The number of anilines is 1. The lowest BCUT2D eigenvalue weighted by Crippen LogP contribution is -3.10. The number of quaternary nitrogens is 1. The first-order valence-corrected chi connectivity index (χ1v) is 6.98. The Morgan fingerprint density at radius 2 is 1.95 bits per heavy atom. The zero-order chi connectivity index (χ0) is 13.7. The van der Waals surface area contributed by atoms with Gasteiger partial charge in [-0.3, -0.25) is 0 Å². The van der Waals surface area contributed by atoms with Crippen molar-refractivity contribution in [3.8, 4) is 11.8 Å². The molecule has 4 heteroatoms. The van der Waals surface area contributed by atoms with Crippen LogP contribution < -0.4 is 10.2 Å². The van der Waals surface area contributed by atoms with E-state index in [1.54, 1.807) is 0 Å². The van der Waals surface area contributed by atoms with Crippen molar-refractivity contribution >= 4 is 17.3 Å². The van der Waals surface area contributed by atoms with E-state index in [4.69, 9.17) is 11.6 Å². The van der Waals surface area contributed by atoms with Crippen LogP contribution in [-0.4, -0.2) is 37.4 Å². The predicted octanol–water partition coefficient (Wildman–Crippen LogP) is 0.795. The maximum absolute atomic E-state index is 10.3. The van der Waals surface area contributed by atoms with E-state index in [1.807, 2.05) is 24.3 Å². The first-order valence-electron chi connectivity index (χ1n) is 6.61. The summed E-state index contributed by atoms with van der Waals surface area (Å²) in [5, 5.41) is 14.2. The first-order chi connectivity index (χ1) is 9.07. The fraction of sp³-hybridized carbons (Fsp3) is 0.467. The van der Waals surface area contributed by atoms with E-state index in [1.165, 1.54) is 4.90 Å². The lowest BCUT2D eigenvalue weighted by molar-refractivity contribution is -0.886. The Labute approximate surface area is 119 Å². The van der Waals surface area contributed by atoms with Gasteiger partial charge in [0.05, 0.1) is 26.7 Å². The van der Waals surface area contributed by atoms with E-state index in [0.29, 0.717) is 6.54 Å². The highest BCUT2D eigenvalue weighted by Gasteiger charge is 2.31. The van der Waals surface area contributed by atoms with Gasteiger partial charge in [-0.05, 0) is 24.3 Å². The summed E-state index contributed by atoms with van der Waals surface area (Å²) in [6.45, 7) is 2.50. The van der Waals surface area contributed by atoms with Gasteiger partial charge in [-0.15, -0.1) is 0 Å². The molecule has 3 nitrogen and oxygen atoms in total. The summed E-state index contributed by atoms with van der Waals surface area (Å²) in [6.07, 6.45) is 1.51. The molecule has 0 aromatic heterocycles. The number of aliphatic hydroxyl groups is 1. The second-order valence-corrected chi connectivity index (χ2v) is 5.59. The molecular formula is C15H20ClN2O+. The van der Waals surface area contributed by atoms with Crippen LogP contribution in [0.1, 0.15) is 12.8 Å². The molecule has 102 valence electrons. The second kappa shape index (κ2) is 6.29. The van der Waals surface area contributed by atoms with Crippen LogP contribution in [0.15, 0.2) is 24.3 Å². The average molecular weight is 280 g/mol. The van der Waals surface area contributed by atoms with E-state index in [-0.39, 0.29) is 0 Å². The van der Waals surface area contributed by atoms with E-state index in [9.17, 15) is 5.11 Å². The fourth-order valence-electron chi connectivity index (χ4n) is 2.14. The average Bonchev–Trinajstić information content (AvgIpc) is 2.41. The number of likely N-dealkylation sites (tertiary alicyclic amines) is 1. The van der Waals surface area contributed by atoms with Crippen LogP contribution in [0.5, 0.6) is 0 Å². The number of rotatable bonds is 2. The van der Waals surface area contributed by atoms with Gasteiger partial charge in [0, 0.05) is 23.6 Å². The zero-order valence-corrected chi connectivity index (χ0v) is 11.9. The van der Waals surface area contributed by atoms with Crippen LogP contribution in [0.2, 0.25) is 5.02 Å². The van der Waals surface area contributed by atoms with E-state index in [2.05, 4.69) is 24.2 Å². The number of hydrogen-bond donors (Lipinski definition) is 3. The SMILES string of the molecule is C[NH+]1CCC(O)(C#CCNc2ccc(Cl)cc2)CC1. The molecule has 1 aromatic carbocycles. The summed E-state index contributed by atoms with van der Waals surface area (Å²) in [7, 11) is 2.15. The second-order valence-electron chi connectivity index (χ2n) is 5.15. The topological polar surface area (TPSA) is 36.7 Å². The molecule has 0 bridgehead atoms. The summed E-state index contributed by atoms with van der Waals surface area (Å²) in [4.78, 5) is 1.46. The first kappa shape index (κ1) is 14.2. The summed E-state index contributed by atoms with van der Waals surface area (Å²) in [5.41, 5.74) is 0.194. The molecule has 1 saturated heterocycles. The molecule has 1 fully saturated rings. The van der Waals surface area contributed by atoms with Gasteiger partial charge in [0.1, 0.15) is 5.60 Å². The largest absolute Gasteiger partial charge is 0.377 e. The van der Waals surface area contributed by atoms with Crippen molar-refractivity contribution in [2.24, 2.45) is 0 Å². The molecule has 19 heavy (non-hydrogen) atoms. The maximum atomic E-state index is 10.3. The van der Waals surface area contributed by atoms with Crippen LogP contribution in [0, 0.1) is 11.8 Å². The Hall–Kier alpha value is -1.21. The molecule has 1 aromatic rings. The molecule has 1 aliphatic rings. The summed E-state index contributed by atoms with van der Waals surface area (Å²) < 4.78 is 0. The van der Waals surface area contributed by atoms with Crippen molar-refractivity contribution in [2.45, 2.75) is 18.4 Å². The van der Waals surface area contributed by atoms with Crippen LogP contribution in [0.4, 0.5) is 5.69 Å². The highest BCUT2D eigenvalue weighted by Crippen LogP contribution is 2.15. The smallest absolute Gasteiger partial charge is 0.136 e. The van der Waals surface area contributed by atoms with Crippen molar-refractivity contribution < 1.29 is 10.0 Å². The van der Waals surface area contributed by atoms with Crippen molar-refractivity contribution in [3.63, 3.8) is 0 Å². The molecule has 1 aliphatic heterocycles. The third kappa shape index (κ3) is 4.43. The van der Waals surface area contributed by atoms with Crippen LogP contribution in [0.25, 0.3) is 0 Å². The Kier molecular flexibility index (Phi) is 4.71. The summed E-state index contributed by atoms with van der Waals surface area (Å²) >= 11 is 5.81. The monoisotopic (exact) mass is 279 g/mol. The van der Waals surface area contributed by atoms with E-state index < -0.39 is 5.60 Å². The van der Waals surface area contributed by atoms with Crippen molar-refractivity contribution in [3.05, 3.63) is 29.3 Å². The van der Waals surface area contributed by atoms with Gasteiger partial charge in [0.25, 0.3) is 0 Å². The van der Waals surface area contributed by atoms with Crippen LogP contribution in [0.3, 0.4) is 0 Å². The van der Waals surface area contributed by atoms with Crippen LogP contribution >= 0.6 is 11.6 Å². The van der Waals surface area contributed by atoms with Crippen molar-refractivity contribution in [1.29, 1.82) is 0 Å². The number of benzene rings is 1. The molecule has 0 saturated carbocycles. The highest BCUT2D eigenvalue weighted by atomic mass is 35.5. The predicted molar refractivity (Wildman–Crippen MR) is 78.5 cm³/mol. The lowest BCUT2D eigenvalue weighted by atomic mass is 9.92. The highest BCUT2D eigenvalue weighted by molar-refractivity contribution is 6.30. The minimum Gasteiger partial charge on any atom is -0.377 e. The maximum Gasteiger partial charge on any atom is 0.136 e. The molecule has 0 unspecified atom stereocenters. The number of hydrogen-bond acceptors (Lipinski definition) is 2. The molecule has 2 rings (SSSR count). The zero-order valence-electron chi connectivity index (χ0n) is 11.2. The standard InChI is InChI=1S/C15H19ClN2O/c1-18-11-8-15(19,9-12-18)7-2-10-17-14-5-3-13(16)4-6-14/h3-6,17,19H,8-12H2,1H3/p+1. The van der Waals surface area contributed by atoms with Crippen LogP contribution in [-0.2, 0) is 0 Å². The number of nitrogens with one attached hydrogen (secondary N) is 2. The Balaban J connectivity index is 1.82. The summed E-state index contributed by atoms with van der Waals surface area (Å²) in [5.74, 6) is 6.02. The normalized spacial score (nSPS) is 26.4. The molecular weight excluding hydrogens is 260 g/mol. The Bertz CT molecular complexity index is 467. The Morgan fingerprint density at radius 3 is 2.58 bits per heavy atom. The molecule has 0 amide bonds. The quantitative estimate of drug-likeness (QED) is 0.701. The molecule has 3 N–H and O–H groups in total. The molecule has 0 atom stereocenters. The minimum atomic E-state index is -0.790. The van der Waals surface area contributed by atoms with Gasteiger partial charge in [-0.25, -0.2) is 0 Å². The molecule has 0 radical (unpaired) electrons. The van der Waals surface area contributed by atoms with Gasteiger partial charge < -0.3 is 15.3 Å². The summed E-state index contributed by atoms with van der Waals surface area (Å²) in [6, 6.07) is 7.50. The Morgan fingerprint density at radius 1 is 1.32 bits per heavy atom. The number of halogens is 1. The molecule has 1 heterocycles. The minimum absolute atomic E-state index is 0.534. The van der Waals surface area contributed by atoms with Gasteiger partial charge in [0.2, 0.25) is 0 Å². The third-order valence-electron chi connectivity index (χ3n) is 3.48. The van der Waals surface area contributed by atoms with E-state index >= 15 is 0 Å². The van der Waals surface area contributed by atoms with Gasteiger partial charge >= 0.3 is 0 Å². The lowest BCUT2D eigenvalue weighted by Gasteiger charge is -2.30. The van der Waals surface area contributed by atoms with Crippen molar-refractivity contribution in [2.75, 3.05) is 32.0 Å². The molecule has 0 aliphatic carbocycles. The van der Waals surface area contributed by atoms with Gasteiger partial charge in [0.15, 0.2) is 0 Å². The van der Waals surface area contributed by atoms with E-state index in [0.717, 1.165) is 36.6 Å². The van der Waals surface area contributed by atoms with Gasteiger partial charge in [-0.1, -0.05) is 23.4 Å².